The number of halogens is 2. The predicted molar refractivity (Wildman–Crippen MR) is 109 cm³/mol. The van der Waals surface area contributed by atoms with Crippen molar-refractivity contribution < 1.29 is 14.0 Å². The van der Waals surface area contributed by atoms with Crippen LogP contribution in [-0.2, 0) is 0 Å². The van der Waals surface area contributed by atoms with E-state index in [2.05, 4.69) is 15.3 Å². The lowest BCUT2D eigenvalue weighted by Crippen LogP contribution is -2.12. The molecule has 29 heavy (non-hydrogen) atoms. The second kappa shape index (κ2) is 7.77. The lowest BCUT2D eigenvalue weighted by Gasteiger charge is -2.07. The number of nitrogens with one attached hydrogen (secondary N) is 1. The average molecular weight is 406 g/mol. The molecule has 5 nitrogen and oxygen atoms in total. The number of amides is 1. The molecule has 0 spiro atoms. The van der Waals surface area contributed by atoms with Gasteiger partial charge in [0.2, 0.25) is 0 Å². The van der Waals surface area contributed by atoms with Gasteiger partial charge in [0.25, 0.3) is 5.91 Å². The molecule has 0 aliphatic heterocycles. The number of benzene rings is 3. The van der Waals surface area contributed by atoms with Gasteiger partial charge in [-0.1, -0.05) is 11.6 Å². The van der Waals surface area contributed by atoms with Gasteiger partial charge in [-0.15, -0.1) is 0 Å². The number of carbonyl (C=O) groups is 2. The fraction of sp³-hybridized carbons (Fsp3) is 0. The smallest absolute Gasteiger partial charge is 0.255 e. The van der Waals surface area contributed by atoms with E-state index in [4.69, 9.17) is 11.6 Å². The zero-order chi connectivity index (χ0) is 20.4. The lowest BCUT2D eigenvalue weighted by atomic mass is 10.0. The van der Waals surface area contributed by atoms with E-state index in [1.165, 1.54) is 12.1 Å². The summed E-state index contributed by atoms with van der Waals surface area (Å²) in [5.41, 5.74) is 2.92. The quantitative estimate of drug-likeness (QED) is 0.490. The molecule has 142 valence electrons. The second-order valence-electron chi connectivity index (χ2n) is 6.25. The van der Waals surface area contributed by atoms with Gasteiger partial charge in [0.05, 0.1) is 16.1 Å². The highest BCUT2D eigenvalue weighted by molar-refractivity contribution is 6.30. The van der Waals surface area contributed by atoms with Gasteiger partial charge in [-0.3, -0.25) is 19.6 Å². The molecular formula is C22H13ClFN3O2. The standard InChI is InChI=1S/C22H13ClFN3O2/c23-17-7-3-15(11-18(17)24)22(29)27-16-5-1-13(2-6-16)21(28)14-4-8-19-20(12-14)26-10-9-25-19/h1-12H,(H,27,29). The largest absolute Gasteiger partial charge is 0.322 e. The highest BCUT2D eigenvalue weighted by Crippen LogP contribution is 2.19. The summed E-state index contributed by atoms with van der Waals surface area (Å²) in [5, 5.41) is 2.60. The van der Waals surface area contributed by atoms with Gasteiger partial charge >= 0.3 is 0 Å². The first-order valence-corrected chi connectivity index (χ1v) is 9.01. The van der Waals surface area contributed by atoms with Crippen LogP contribution in [0.3, 0.4) is 0 Å². The van der Waals surface area contributed by atoms with Crippen LogP contribution in [0.5, 0.6) is 0 Å². The zero-order valence-electron chi connectivity index (χ0n) is 14.9. The summed E-state index contributed by atoms with van der Waals surface area (Å²) in [6, 6.07) is 15.4. The Morgan fingerprint density at radius 2 is 1.45 bits per heavy atom. The van der Waals surface area contributed by atoms with Crippen LogP contribution >= 0.6 is 11.6 Å². The lowest BCUT2D eigenvalue weighted by molar-refractivity contribution is 0.102. The number of carbonyl (C=O) groups excluding carboxylic acids is 2. The minimum atomic E-state index is -0.666. The van der Waals surface area contributed by atoms with E-state index in [0.717, 1.165) is 6.07 Å². The molecule has 0 fully saturated rings. The maximum atomic E-state index is 13.5. The van der Waals surface area contributed by atoms with E-state index in [1.807, 2.05) is 0 Å². The Kier molecular flexibility index (Phi) is 5.01. The van der Waals surface area contributed by atoms with Crippen LogP contribution < -0.4 is 5.32 Å². The van der Waals surface area contributed by atoms with Crippen LogP contribution in [0.1, 0.15) is 26.3 Å². The molecule has 0 atom stereocenters. The van der Waals surface area contributed by atoms with E-state index in [1.54, 1.807) is 54.9 Å². The third-order valence-electron chi connectivity index (χ3n) is 4.32. The molecule has 0 aliphatic carbocycles. The minimum absolute atomic E-state index is 0.0518. The van der Waals surface area contributed by atoms with Gasteiger partial charge in [0, 0.05) is 34.8 Å². The Morgan fingerprint density at radius 3 is 2.17 bits per heavy atom. The molecule has 7 heteroatoms. The Hall–Kier alpha value is -3.64. The van der Waals surface area contributed by atoms with Crippen LogP contribution in [0.4, 0.5) is 10.1 Å². The number of nitrogens with zero attached hydrogens (tertiary/aromatic N) is 2. The Bertz CT molecular complexity index is 1240. The number of hydrogen-bond acceptors (Lipinski definition) is 4. The van der Waals surface area contributed by atoms with Gasteiger partial charge < -0.3 is 5.32 Å². The van der Waals surface area contributed by atoms with Crippen molar-refractivity contribution >= 4 is 40.0 Å². The van der Waals surface area contributed by atoms with Crippen molar-refractivity contribution in [2.75, 3.05) is 5.32 Å². The SMILES string of the molecule is O=C(Nc1ccc(C(=O)c2ccc3nccnc3c2)cc1)c1ccc(Cl)c(F)c1. The van der Waals surface area contributed by atoms with Crippen LogP contribution in [0.15, 0.2) is 73.1 Å². The monoisotopic (exact) mass is 405 g/mol. The predicted octanol–water partition coefficient (Wildman–Crippen LogP) is 4.91. The van der Waals surface area contributed by atoms with Crippen molar-refractivity contribution in [2.45, 2.75) is 0 Å². The first-order chi connectivity index (χ1) is 14.0. The van der Waals surface area contributed by atoms with E-state index < -0.39 is 11.7 Å². The number of rotatable bonds is 4. The Morgan fingerprint density at radius 1 is 0.793 bits per heavy atom. The van der Waals surface area contributed by atoms with Crippen LogP contribution in [0, 0.1) is 5.82 Å². The molecule has 1 amide bonds. The van der Waals surface area contributed by atoms with Crippen LogP contribution in [0.25, 0.3) is 11.0 Å². The number of hydrogen-bond donors (Lipinski definition) is 1. The summed E-state index contributed by atoms with van der Waals surface area (Å²) in [6.45, 7) is 0. The second-order valence-corrected chi connectivity index (χ2v) is 6.66. The number of ketones is 1. The van der Waals surface area contributed by atoms with E-state index in [-0.39, 0.29) is 16.4 Å². The van der Waals surface area contributed by atoms with Crippen LogP contribution in [-0.4, -0.2) is 21.7 Å². The van der Waals surface area contributed by atoms with Gasteiger partial charge in [-0.2, -0.15) is 0 Å². The van der Waals surface area contributed by atoms with Crippen molar-refractivity contribution in [3.8, 4) is 0 Å². The summed E-state index contributed by atoms with van der Waals surface area (Å²) in [7, 11) is 0. The van der Waals surface area contributed by atoms with Crippen molar-refractivity contribution in [3.63, 3.8) is 0 Å². The molecular weight excluding hydrogens is 393 g/mol. The molecule has 0 saturated heterocycles. The van der Waals surface area contributed by atoms with Gasteiger partial charge in [0.15, 0.2) is 5.78 Å². The number of aromatic nitrogens is 2. The average Bonchev–Trinajstić information content (AvgIpc) is 2.75. The molecule has 0 aliphatic rings. The Labute approximate surface area is 170 Å². The molecule has 4 aromatic rings. The Balaban J connectivity index is 1.51. The summed E-state index contributed by atoms with van der Waals surface area (Å²) in [4.78, 5) is 33.4. The van der Waals surface area contributed by atoms with Gasteiger partial charge in [-0.25, -0.2) is 4.39 Å². The van der Waals surface area contributed by atoms with Crippen LogP contribution in [0.2, 0.25) is 5.02 Å². The third kappa shape index (κ3) is 3.97. The van der Waals surface area contributed by atoms with E-state index in [0.29, 0.717) is 27.8 Å². The molecule has 4 rings (SSSR count). The molecule has 0 radical (unpaired) electrons. The molecule has 0 saturated carbocycles. The first kappa shape index (κ1) is 18.7. The van der Waals surface area contributed by atoms with Crippen molar-refractivity contribution in [2.24, 2.45) is 0 Å². The number of anilines is 1. The molecule has 1 heterocycles. The van der Waals surface area contributed by atoms with Gasteiger partial charge in [0.1, 0.15) is 5.82 Å². The summed E-state index contributed by atoms with van der Waals surface area (Å²) >= 11 is 5.63. The summed E-state index contributed by atoms with van der Waals surface area (Å²) in [6.07, 6.45) is 3.16. The highest BCUT2D eigenvalue weighted by Gasteiger charge is 2.12. The minimum Gasteiger partial charge on any atom is -0.322 e. The zero-order valence-corrected chi connectivity index (χ0v) is 15.7. The third-order valence-corrected chi connectivity index (χ3v) is 4.62. The molecule has 0 bridgehead atoms. The topological polar surface area (TPSA) is 72.0 Å². The molecule has 3 aromatic carbocycles. The van der Waals surface area contributed by atoms with Crippen molar-refractivity contribution in [1.82, 2.24) is 9.97 Å². The highest BCUT2D eigenvalue weighted by atomic mass is 35.5. The van der Waals surface area contributed by atoms with E-state index >= 15 is 0 Å². The number of fused-ring (bicyclic) bond motifs is 1. The maximum absolute atomic E-state index is 13.5. The summed E-state index contributed by atoms with van der Waals surface area (Å²) < 4.78 is 13.5. The maximum Gasteiger partial charge on any atom is 0.255 e. The van der Waals surface area contributed by atoms with Crippen molar-refractivity contribution in [3.05, 3.63) is 101 Å². The summed E-state index contributed by atoms with van der Waals surface area (Å²) in [5.74, 6) is -1.32. The molecule has 1 aromatic heterocycles. The fourth-order valence-corrected chi connectivity index (χ4v) is 2.93. The first-order valence-electron chi connectivity index (χ1n) is 8.63. The normalized spacial score (nSPS) is 10.7. The molecule has 0 unspecified atom stereocenters. The van der Waals surface area contributed by atoms with Crippen molar-refractivity contribution in [1.29, 1.82) is 0 Å². The molecule has 1 N–H and O–H groups in total. The fourth-order valence-electron chi connectivity index (χ4n) is 2.82. The van der Waals surface area contributed by atoms with E-state index in [9.17, 15) is 14.0 Å². The van der Waals surface area contributed by atoms with Gasteiger partial charge in [-0.05, 0) is 60.7 Å².